The molecule has 4 aliphatic rings. The summed E-state index contributed by atoms with van der Waals surface area (Å²) in [7, 11) is 0. The number of aryl methyl sites for hydroxylation is 1. The Hall–Kier alpha value is -2.39. The van der Waals surface area contributed by atoms with Gasteiger partial charge in [0.2, 0.25) is 10.8 Å². The lowest BCUT2D eigenvalue weighted by Gasteiger charge is -2.39. The van der Waals surface area contributed by atoms with Gasteiger partial charge >= 0.3 is 0 Å². The van der Waals surface area contributed by atoms with E-state index in [1.54, 1.807) is 4.90 Å². The molecule has 0 saturated carbocycles. The molecule has 2 aromatic rings. The van der Waals surface area contributed by atoms with Crippen molar-refractivity contribution in [1.29, 1.82) is 0 Å². The Kier molecular flexibility index (Phi) is 5.03. The van der Waals surface area contributed by atoms with Gasteiger partial charge < -0.3 is 9.47 Å². The summed E-state index contributed by atoms with van der Waals surface area (Å²) >= 11 is 1.43. The molecule has 4 aliphatic heterocycles. The molecule has 0 aromatic heterocycles. The van der Waals surface area contributed by atoms with Gasteiger partial charge in [0, 0.05) is 37.2 Å². The lowest BCUT2D eigenvalue weighted by atomic mass is 10.0. The molecule has 3 fully saturated rings. The molecular weight excluding hydrogens is 438 g/mol. The van der Waals surface area contributed by atoms with Crippen molar-refractivity contribution in [2.75, 3.05) is 48.5 Å². The highest BCUT2D eigenvalue weighted by Crippen LogP contribution is 2.55. The summed E-state index contributed by atoms with van der Waals surface area (Å²) in [5.41, 5.74) is 3.65. The predicted octanol–water partition coefficient (Wildman–Crippen LogP) is 3.07. The third-order valence-electron chi connectivity index (χ3n) is 7.13. The Balaban J connectivity index is 1.32. The summed E-state index contributed by atoms with van der Waals surface area (Å²) in [5.74, 6) is -0.248. The maximum absolute atomic E-state index is 14.1. The summed E-state index contributed by atoms with van der Waals surface area (Å²) < 4.78 is 11.7. The van der Waals surface area contributed by atoms with E-state index in [9.17, 15) is 9.59 Å². The summed E-state index contributed by atoms with van der Waals surface area (Å²) in [5, 5.41) is 0. The Morgan fingerprint density at radius 2 is 1.67 bits per heavy atom. The van der Waals surface area contributed by atoms with E-state index in [4.69, 9.17) is 9.47 Å². The third kappa shape index (κ3) is 3.23. The van der Waals surface area contributed by atoms with Crippen LogP contribution in [0.4, 0.5) is 11.4 Å². The average molecular weight is 466 g/mol. The zero-order chi connectivity index (χ0) is 22.6. The molecule has 3 saturated heterocycles. The molecule has 0 aliphatic carbocycles. The monoisotopic (exact) mass is 465 g/mol. The summed E-state index contributed by atoms with van der Waals surface area (Å²) in [6, 6.07) is 15.7. The number of rotatable bonds is 3. The van der Waals surface area contributed by atoms with E-state index >= 15 is 0 Å². The molecule has 0 radical (unpaired) electrons. The Labute approximate surface area is 197 Å². The van der Waals surface area contributed by atoms with E-state index in [0.29, 0.717) is 19.9 Å². The van der Waals surface area contributed by atoms with E-state index in [-0.39, 0.29) is 17.6 Å². The Bertz CT molecular complexity index is 1090. The van der Waals surface area contributed by atoms with Gasteiger partial charge in [-0.05, 0) is 25.1 Å². The van der Waals surface area contributed by atoms with Crippen LogP contribution in [0.1, 0.15) is 24.0 Å². The number of fused-ring (bicyclic) bond motifs is 2. The molecule has 0 N–H and O–H groups in total. The molecular formula is C25H27N3O4S. The molecule has 2 amide bonds. The highest BCUT2D eigenvalue weighted by molar-refractivity contribution is 8.02. The molecule has 8 heteroatoms. The van der Waals surface area contributed by atoms with Crippen LogP contribution in [0.25, 0.3) is 0 Å². The number of thioether (sulfide) groups is 1. The van der Waals surface area contributed by atoms with Crippen molar-refractivity contribution in [1.82, 2.24) is 4.90 Å². The van der Waals surface area contributed by atoms with Crippen LogP contribution in [-0.4, -0.2) is 61.2 Å². The average Bonchev–Trinajstić information content (AvgIpc) is 3.49. The SMILES string of the molecule is Cc1ccc(N2C(=O)CSC23C(=O)N(CN2CCC4(CC2)OCCO4)c2ccccc23)cc1. The second-order valence-electron chi connectivity index (χ2n) is 9.11. The summed E-state index contributed by atoms with van der Waals surface area (Å²) in [6.07, 6.45) is 1.59. The van der Waals surface area contributed by atoms with Crippen LogP contribution >= 0.6 is 11.8 Å². The van der Waals surface area contributed by atoms with E-state index in [1.807, 2.05) is 60.4 Å². The molecule has 4 heterocycles. The topological polar surface area (TPSA) is 62.3 Å². The molecule has 1 unspecified atom stereocenters. The van der Waals surface area contributed by atoms with Crippen molar-refractivity contribution in [2.45, 2.75) is 30.4 Å². The van der Waals surface area contributed by atoms with Gasteiger partial charge in [-0.15, -0.1) is 11.8 Å². The van der Waals surface area contributed by atoms with Gasteiger partial charge in [0.05, 0.1) is 31.3 Å². The van der Waals surface area contributed by atoms with E-state index in [2.05, 4.69) is 4.90 Å². The first kappa shape index (κ1) is 21.2. The first-order valence-electron chi connectivity index (χ1n) is 11.5. The number of likely N-dealkylation sites (tertiary alicyclic amines) is 1. The highest BCUT2D eigenvalue weighted by atomic mass is 32.2. The van der Waals surface area contributed by atoms with Gasteiger partial charge in [-0.1, -0.05) is 35.9 Å². The number of piperidine rings is 1. The Morgan fingerprint density at radius 1 is 0.970 bits per heavy atom. The fourth-order valence-corrected chi connectivity index (χ4v) is 6.77. The van der Waals surface area contributed by atoms with Crippen molar-refractivity contribution < 1.29 is 19.1 Å². The third-order valence-corrected chi connectivity index (χ3v) is 8.51. The van der Waals surface area contributed by atoms with Gasteiger partial charge in [0.25, 0.3) is 5.91 Å². The van der Waals surface area contributed by atoms with Gasteiger partial charge in [-0.3, -0.25) is 24.3 Å². The van der Waals surface area contributed by atoms with Gasteiger partial charge in [0.15, 0.2) is 5.79 Å². The van der Waals surface area contributed by atoms with Crippen LogP contribution < -0.4 is 9.80 Å². The molecule has 2 spiro atoms. The molecule has 2 aromatic carbocycles. The number of hydrogen-bond donors (Lipinski definition) is 0. The van der Waals surface area contributed by atoms with Crippen molar-refractivity contribution in [3.8, 4) is 0 Å². The molecule has 172 valence electrons. The number of amides is 2. The largest absolute Gasteiger partial charge is 0.347 e. The van der Waals surface area contributed by atoms with E-state index in [1.165, 1.54) is 11.8 Å². The zero-order valence-corrected chi connectivity index (χ0v) is 19.5. The minimum atomic E-state index is -1.06. The standard InChI is InChI=1S/C25H27N3O4S/c1-18-6-8-19(9-7-18)28-22(29)16-33-25(28)20-4-2-3-5-21(20)27(23(25)30)17-26-12-10-24(11-13-26)31-14-15-32-24/h2-9H,10-17H2,1H3. The van der Waals surface area contributed by atoms with E-state index < -0.39 is 10.7 Å². The quantitative estimate of drug-likeness (QED) is 0.694. The lowest BCUT2D eigenvalue weighted by molar-refractivity contribution is -0.185. The van der Waals surface area contributed by atoms with Gasteiger partial charge in [0.1, 0.15) is 0 Å². The second-order valence-corrected chi connectivity index (χ2v) is 10.3. The number of anilines is 2. The Morgan fingerprint density at radius 3 is 2.39 bits per heavy atom. The first-order chi connectivity index (χ1) is 16.0. The lowest BCUT2D eigenvalue weighted by Crippen LogP contribution is -2.53. The molecule has 33 heavy (non-hydrogen) atoms. The minimum absolute atomic E-state index is 0.0377. The predicted molar refractivity (Wildman–Crippen MR) is 127 cm³/mol. The van der Waals surface area contributed by atoms with Gasteiger partial charge in [-0.25, -0.2) is 0 Å². The van der Waals surface area contributed by atoms with Crippen LogP contribution in [0.3, 0.4) is 0 Å². The van der Waals surface area contributed by atoms with Crippen molar-refractivity contribution in [3.05, 3.63) is 59.7 Å². The fourth-order valence-electron chi connectivity index (χ4n) is 5.41. The first-order valence-corrected chi connectivity index (χ1v) is 12.5. The van der Waals surface area contributed by atoms with Crippen molar-refractivity contribution >= 4 is 35.0 Å². The van der Waals surface area contributed by atoms with Crippen LogP contribution in [0.5, 0.6) is 0 Å². The number of nitrogens with zero attached hydrogens (tertiary/aromatic N) is 3. The fraction of sp³-hybridized carbons (Fsp3) is 0.440. The minimum Gasteiger partial charge on any atom is -0.347 e. The smallest absolute Gasteiger partial charge is 0.269 e. The number of carbonyl (C=O) groups is 2. The van der Waals surface area contributed by atoms with Crippen LogP contribution in [0, 0.1) is 6.92 Å². The maximum Gasteiger partial charge on any atom is 0.269 e. The number of para-hydroxylation sites is 1. The molecule has 0 bridgehead atoms. The maximum atomic E-state index is 14.1. The normalized spacial score (nSPS) is 26.7. The van der Waals surface area contributed by atoms with Crippen LogP contribution in [0.15, 0.2) is 48.5 Å². The summed E-state index contributed by atoms with van der Waals surface area (Å²) in [6.45, 7) is 5.41. The van der Waals surface area contributed by atoms with Crippen molar-refractivity contribution in [3.63, 3.8) is 0 Å². The highest BCUT2D eigenvalue weighted by Gasteiger charge is 2.61. The summed E-state index contributed by atoms with van der Waals surface area (Å²) in [4.78, 5) is 32.0. The molecule has 6 rings (SSSR count). The number of carbonyl (C=O) groups excluding carboxylic acids is 2. The van der Waals surface area contributed by atoms with Crippen LogP contribution in [0.2, 0.25) is 0 Å². The van der Waals surface area contributed by atoms with E-state index in [0.717, 1.165) is 48.4 Å². The second kappa shape index (κ2) is 7.84. The number of ether oxygens (including phenoxy) is 2. The number of benzene rings is 2. The molecule has 1 atom stereocenters. The van der Waals surface area contributed by atoms with Crippen LogP contribution in [-0.2, 0) is 23.9 Å². The number of hydrogen-bond acceptors (Lipinski definition) is 6. The molecule has 7 nitrogen and oxygen atoms in total. The van der Waals surface area contributed by atoms with Crippen molar-refractivity contribution in [2.24, 2.45) is 0 Å². The van der Waals surface area contributed by atoms with Gasteiger partial charge in [-0.2, -0.15) is 0 Å². The zero-order valence-electron chi connectivity index (χ0n) is 18.7.